The lowest BCUT2D eigenvalue weighted by Gasteiger charge is -2.16. The molecule has 1 unspecified atom stereocenters. The van der Waals surface area contributed by atoms with Crippen molar-refractivity contribution in [2.45, 2.75) is 25.6 Å². The molecule has 0 fully saturated rings. The van der Waals surface area contributed by atoms with Gasteiger partial charge in [0.25, 0.3) is 0 Å². The van der Waals surface area contributed by atoms with Gasteiger partial charge in [-0.2, -0.15) is 13.2 Å². The van der Waals surface area contributed by atoms with E-state index < -0.39 is 23.8 Å². The number of esters is 1. The van der Waals surface area contributed by atoms with Crippen LogP contribution in [0, 0.1) is 0 Å². The summed E-state index contributed by atoms with van der Waals surface area (Å²) in [5.41, 5.74) is 4.54. The number of ether oxygens (including phenoxy) is 1. The number of halogens is 4. The van der Waals surface area contributed by atoms with E-state index in [0.29, 0.717) is 0 Å². The Labute approximate surface area is 113 Å². The van der Waals surface area contributed by atoms with Crippen molar-refractivity contribution in [3.63, 3.8) is 0 Å². The molecule has 0 aliphatic carbocycles. The Balaban J connectivity index is 2.98. The highest BCUT2D eigenvalue weighted by Gasteiger charge is 2.34. The van der Waals surface area contributed by atoms with E-state index in [2.05, 4.69) is 4.74 Å². The monoisotopic (exact) mass is 295 g/mol. The van der Waals surface area contributed by atoms with Crippen molar-refractivity contribution in [2.75, 3.05) is 6.61 Å². The molecule has 0 aliphatic heterocycles. The van der Waals surface area contributed by atoms with Crippen LogP contribution in [0.4, 0.5) is 13.2 Å². The summed E-state index contributed by atoms with van der Waals surface area (Å²) in [6.07, 6.45) is -4.81. The largest absolute Gasteiger partial charge is 0.465 e. The fourth-order valence-electron chi connectivity index (χ4n) is 1.56. The van der Waals surface area contributed by atoms with E-state index in [1.54, 1.807) is 6.92 Å². The first-order chi connectivity index (χ1) is 8.75. The molecule has 1 aromatic rings. The molecule has 0 bridgehead atoms. The Morgan fingerprint density at radius 1 is 1.47 bits per heavy atom. The Hall–Kier alpha value is -1.27. The first-order valence-corrected chi connectivity index (χ1v) is 5.91. The molecule has 1 atom stereocenters. The third-order valence-corrected chi connectivity index (χ3v) is 2.64. The molecule has 0 heterocycles. The summed E-state index contributed by atoms with van der Waals surface area (Å²) in [6.45, 7) is 1.72. The summed E-state index contributed by atoms with van der Waals surface area (Å²) in [5, 5.41) is -0.0271. The average molecular weight is 296 g/mol. The number of nitrogens with two attached hydrogens (primary N) is 1. The minimum Gasteiger partial charge on any atom is -0.465 e. The van der Waals surface area contributed by atoms with Crippen molar-refractivity contribution in [1.29, 1.82) is 0 Å². The minimum atomic E-state index is -4.55. The molecular weight excluding hydrogens is 283 g/mol. The van der Waals surface area contributed by atoms with Gasteiger partial charge in [0, 0.05) is 5.02 Å². The van der Waals surface area contributed by atoms with Crippen molar-refractivity contribution < 1.29 is 22.7 Å². The molecule has 7 heteroatoms. The summed E-state index contributed by atoms with van der Waals surface area (Å²) in [4.78, 5) is 11.3. The Kier molecular flexibility index (Phi) is 5.20. The summed E-state index contributed by atoms with van der Waals surface area (Å²) >= 11 is 5.55. The van der Waals surface area contributed by atoms with E-state index in [-0.39, 0.29) is 23.6 Å². The normalized spacial score (nSPS) is 13.2. The van der Waals surface area contributed by atoms with Gasteiger partial charge in [0.1, 0.15) is 6.04 Å². The van der Waals surface area contributed by atoms with Crippen LogP contribution in [0.2, 0.25) is 5.02 Å². The van der Waals surface area contributed by atoms with E-state index in [9.17, 15) is 18.0 Å². The lowest BCUT2D eigenvalue weighted by atomic mass is 10.0. The highest BCUT2D eigenvalue weighted by atomic mass is 35.5. The van der Waals surface area contributed by atoms with Crippen LogP contribution >= 0.6 is 11.6 Å². The average Bonchev–Trinajstić information content (AvgIpc) is 2.30. The second-order valence-electron chi connectivity index (χ2n) is 3.86. The number of carbonyl (C=O) groups excluding carboxylic acids is 1. The molecule has 0 saturated heterocycles. The van der Waals surface area contributed by atoms with Gasteiger partial charge in [-0.05, 0) is 31.0 Å². The maximum Gasteiger partial charge on any atom is 0.416 e. The van der Waals surface area contributed by atoms with Crippen molar-refractivity contribution in [3.8, 4) is 0 Å². The highest BCUT2D eigenvalue weighted by Crippen LogP contribution is 2.34. The summed E-state index contributed by atoms with van der Waals surface area (Å²) in [5.74, 6) is -0.731. The Morgan fingerprint density at radius 3 is 2.63 bits per heavy atom. The number of rotatable bonds is 4. The van der Waals surface area contributed by atoms with E-state index in [1.807, 2.05) is 0 Å². The van der Waals surface area contributed by atoms with E-state index >= 15 is 0 Å². The molecule has 0 amide bonds. The van der Waals surface area contributed by atoms with Crippen LogP contribution in [0.15, 0.2) is 18.2 Å². The molecule has 0 spiro atoms. The fraction of sp³-hybridized carbons (Fsp3) is 0.417. The van der Waals surface area contributed by atoms with E-state index in [0.717, 1.165) is 6.07 Å². The molecule has 3 nitrogen and oxygen atoms in total. The fourth-order valence-corrected chi connectivity index (χ4v) is 1.73. The maximum absolute atomic E-state index is 12.8. The van der Waals surface area contributed by atoms with Crippen LogP contribution in [0.3, 0.4) is 0 Å². The molecule has 0 saturated carbocycles. The molecule has 19 heavy (non-hydrogen) atoms. The summed E-state index contributed by atoms with van der Waals surface area (Å²) in [7, 11) is 0. The van der Waals surface area contributed by atoms with Gasteiger partial charge in [0.15, 0.2) is 0 Å². The van der Waals surface area contributed by atoms with Crippen LogP contribution in [0.5, 0.6) is 0 Å². The van der Waals surface area contributed by atoms with Crippen LogP contribution in [0.1, 0.15) is 18.1 Å². The molecular formula is C12H13ClF3NO2. The van der Waals surface area contributed by atoms with Crippen molar-refractivity contribution >= 4 is 17.6 Å². The molecule has 2 N–H and O–H groups in total. The van der Waals surface area contributed by atoms with Gasteiger partial charge < -0.3 is 10.5 Å². The predicted octanol–water partition coefficient (Wildman–Crippen LogP) is 2.79. The van der Waals surface area contributed by atoms with Crippen molar-refractivity contribution in [1.82, 2.24) is 0 Å². The second kappa shape index (κ2) is 6.25. The number of carbonyl (C=O) groups is 1. The van der Waals surface area contributed by atoms with Gasteiger partial charge >= 0.3 is 12.1 Å². The van der Waals surface area contributed by atoms with Crippen molar-refractivity contribution in [2.24, 2.45) is 5.73 Å². The molecule has 0 aromatic heterocycles. The lowest BCUT2D eigenvalue weighted by Crippen LogP contribution is -2.35. The minimum absolute atomic E-state index is 0.0271. The molecule has 0 aliphatic rings. The standard InChI is InChI=1S/C12H13ClF3NO2/c1-2-19-11(18)10(17)5-7-3-4-8(13)6-9(7)12(14,15)16/h3-4,6,10H,2,5,17H2,1H3. The topological polar surface area (TPSA) is 52.3 Å². The molecule has 1 rings (SSSR count). The van der Waals surface area contributed by atoms with E-state index in [4.69, 9.17) is 17.3 Å². The van der Waals surface area contributed by atoms with Crippen LogP contribution in [-0.4, -0.2) is 18.6 Å². The van der Waals surface area contributed by atoms with Crippen molar-refractivity contribution in [3.05, 3.63) is 34.3 Å². The zero-order valence-electron chi connectivity index (χ0n) is 10.1. The van der Waals surface area contributed by atoms with Gasteiger partial charge in [-0.3, -0.25) is 4.79 Å². The number of hydrogen-bond acceptors (Lipinski definition) is 3. The maximum atomic E-state index is 12.8. The zero-order valence-corrected chi connectivity index (χ0v) is 10.9. The summed E-state index contributed by atoms with van der Waals surface area (Å²) in [6, 6.07) is 2.21. The van der Waals surface area contributed by atoms with Crippen LogP contribution in [-0.2, 0) is 22.1 Å². The van der Waals surface area contributed by atoms with Gasteiger partial charge in [0.2, 0.25) is 0 Å². The molecule has 106 valence electrons. The smallest absolute Gasteiger partial charge is 0.416 e. The summed E-state index contributed by atoms with van der Waals surface area (Å²) < 4.78 is 43.1. The number of alkyl halides is 3. The number of benzene rings is 1. The highest BCUT2D eigenvalue weighted by molar-refractivity contribution is 6.30. The van der Waals surface area contributed by atoms with Crippen LogP contribution in [0.25, 0.3) is 0 Å². The van der Waals surface area contributed by atoms with Gasteiger partial charge in [-0.15, -0.1) is 0 Å². The van der Waals surface area contributed by atoms with Crippen LogP contribution < -0.4 is 5.73 Å². The first kappa shape index (κ1) is 15.8. The van der Waals surface area contributed by atoms with Gasteiger partial charge in [-0.1, -0.05) is 17.7 Å². The van der Waals surface area contributed by atoms with Gasteiger partial charge in [0.05, 0.1) is 12.2 Å². The van der Waals surface area contributed by atoms with E-state index in [1.165, 1.54) is 12.1 Å². The first-order valence-electron chi connectivity index (χ1n) is 5.53. The SMILES string of the molecule is CCOC(=O)C(N)Cc1ccc(Cl)cc1C(F)(F)F. The Bertz CT molecular complexity index is 463. The third kappa shape index (κ3) is 4.40. The zero-order chi connectivity index (χ0) is 14.6. The third-order valence-electron chi connectivity index (χ3n) is 2.41. The lowest BCUT2D eigenvalue weighted by molar-refractivity contribution is -0.145. The molecule has 0 radical (unpaired) electrons. The second-order valence-corrected chi connectivity index (χ2v) is 4.30. The predicted molar refractivity (Wildman–Crippen MR) is 64.8 cm³/mol. The van der Waals surface area contributed by atoms with Gasteiger partial charge in [-0.25, -0.2) is 0 Å². The Morgan fingerprint density at radius 2 is 2.11 bits per heavy atom. The quantitative estimate of drug-likeness (QED) is 0.869. The number of hydrogen-bond donors (Lipinski definition) is 1. The molecule has 1 aromatic carbocycles.